The van der Waals surface area contributed by atoms with E-state index in [4.69, 9.17) is 9.47 Å². The molecule has 0 atom stereocenters. The second-order valence-corrected chi connectivity index (χ2v) is 4.81. The fourth-order valence-corrected chi connectivity index (χ4v) is 2.07. The van der Waals surface area contributed by atoms with Gasteiger partial charge in [0.05, 0.1) is 13.2 Å². The summed E-state index contributed by atoms with van der Waals surface area (Å²) < 4.78 is 9.65. The van der Waals surface area contributed by atoms with Crippen LogP contribution in [-0.2, 0) is 19.1 Å². The Hall–Kier alpha value is -2.14. The predicted octanol–water partition coefficient (Wildman–Crippen LogP) is 3.37. The zero-order valence-electron chi connectivity index (χ0n) is 12.1. The quantitative estimate of drug-likeness (QED) is 0.440. The lowest BCUT2D eigenvalue weighted by molar-refractivity contribution is -0.138. The highest BCUT2D eigenvalue weighted by atomic mass is 32.1. The van der Waals surface area contributed by atoms with E-state index < -0.39 is 11.9 Å². The van der Waals surface area contributed by atoms with Gasteiger partial charge in [-0.15, -0.1) is 11.3 Å². The zero-order chi connectivity index (χ0) is 15.5. The van der Waals surface area contributed by atoms with Gasteiger partial charge in [0.2, 0.25) is 0 Å². The maximum absolute atomic E-state index is 11.3. The first-order valence-corrected chi connectivity index (χ1v) is 7.48. The number of allylic oxidation sites excluding steroid dienone is 3. The van der Waals surface area contributed by atoms with Crippen LogP contribution in [0.1, 0.15) is 18.7 Å². The van der Waals surface area contributed by atoms with Crippen molar-refractivity contribution >= 4 is 29.4 Å². The first kappa shape index (κ1) is 16.9. The highest BCUT2D eigenvalue weighted by Gasteiger charge is 1.98. The van der Waals surface area contributed by atoms with E-state index >= 15 is 0 Å². The average Bonchev–Trinajstić information content (AvgIpc) is 2.95. The van der Waals surface area contributed by atoms with E-state index in [-0.39, 0.29) is 0 Å². The molecular weight excluding hydrogens is 288 g/mol. The molecule has 112 valence electrons. The molecule has 0 aliphatic heterocycles. The molecule has 1 aromatic rings. The van der Waals surface area contributed by atoms with Gasteiger partial charge in [0.1, 0.15) is 0 Å². The molecule has 0 unspecified atom stereocenters. The van der Waals surface area contributed by atoms with Crippen LogP contribution in [0.4, 0.5) is 0 Å². The maximum Gasteiger partial charge on any atom is 0.330 e. The Morgan fingerprint density at radius 3 is 2.05 bits per heavy atom. The molecule has 0 spiro atoms. The Balaban J connectivity index is 2.85. The Bertz CT molecular complexity index is 509. The standard InChI is InChI=1S/C16H18O4S/c1-3-19-15(17)9-7-13(8-10-16(18)20-4-2)12-14-6-5-11-21-14/h5-12H,3-4H2,1-2H3. The minimum Gasteiger partial charge on any atom is -0.463 e. The summed E-state index contributed by atoms with van der Waals surface area (Å²) in [5.74, 6) is -0.835. The minimum absolute atomic E-state index is 0.325. The van der Waals surface area contributed by atoms with E-state index in [9.17, 15) is 9.59 Å². The number of thiophene rings is 1. The number of rotatable bonds is 7. The van der Waals surface area contributed by atoms with Crippen LogP contribution in [0.5, 0.6) is 0 Å². The second kappa shape index (κ2) is 9.72. The predicted molar refractivity (Wildman–Crippen MR) is 83.8 cm³/mol. The number of hydrogen-bond donors (Lipinski definition) is 0. The summed E-state index contributed by atoms with van der Waals surface area (Å²) in [5.41, 5.74) is 0.707. The largest absolute Gasteiger partial charge is 0.463 e. The molecule has 21 heavy (non-hydrogen) atoms. The van der Waals surface area contributed by atoms with E-state index in [0.29, 0.717) is 18.8 Å². The van der Waals surface area contributed by atoms with Gasteiger partial charge in [0.25, 0.3) is 0 Å². The lowest BCUT2D eigenvalue weighted by atomic mass is 10.2. The lowest BCUT2D eigenvalue weighted by Crippen LogP contribution is -2.00. The second-order valence-electron chi connectivity index (χ2n) is 3.83. The third-order valence-corrected chi connectivity index (χ3v) is 3.07. The molecule has 0 aliphatic rings. The van der Waals surface area contributed by atoms with E-state index in [1.165, 1.54) is 12.2 Å². The summed E-state index contributed by atoms with van der Waals surface area (Å²) in [7, 11) is 0. The zero-order valence-corrected chi connectivity index (χ0v) is 12.9. The van der Waals surface area contributed by atoms with Crippen molar-refractivity contribution in [1.82, 2.24) is 0 Å². The molecule has 0 saturated heterocycles. The molecule has 0 bridgehead atoms. The van der Waals surface area contributed by atoms with Crippen molar-refractivity contribution < 1.29 is 19.1 Å². The van der Waals surface area contributed by atoms with Gasteiger partial charge in [-0.2, -0.15) is 0 Å². The summed E-state index contributed by atoms with van der Waals surface area (Å²) in [6.07, 6.45) is 7.74. The van der Waals surface area contributed by atoms with Crippen LogP contribution in [0.15, 0.2) is 47.4 Å². The van der Waals surface area contributed by atoms with Gasteiger partial charge in [-0.3, -0.25) is 0 Å². The Morgan fingerprint density at radius 2 is 1.62 bits per heavy atom. The van der Waals surface area contributed by atoms with Crippen molar-refractivity contribution in [3.05, 3.63) is 52.3 Å². The molecule has 5 heteroatoms. The Morgan fingerprint density at radius 1 is 1.05 bits per heavy atom. The third kappa shape index (κ3) is 7.27. The van der Waals surface area contributed by atoms with Crippen LogP contribution in [-0.4, -0.2) is 25.2 Å². The van der Waals surface area contributed by atoms with Gasteiger partial charge in [-0.25, -0.2) is 9.59 Å². The molecule has 1 heterocycles. The molecule has 0 fully saturated rings. The number of ether oxygens (including phenoxy) is 2. The molecule has 0 radical (unpaired) electrons. The van der Waals surface area contributed by atoms with Crippen LogP contribution in [0, 0.1) is 0 Å². The first-order chi connectivity index (χ1) is 10.2. The highest BCUT2D eigenvalue weighted by molar-refractivity contribution is 7.10. The molecule has 0 aromatic carbocycles. The first-order valence-electron chi connectivity index (χ1n) is 6.60. The van der Waals surface area contributed by atoms with Crippen molar-refractivity contribution in [2.75, 3.05) is 13.2 Å². The molecular formula is C16H18O4S. The van der Waals surface area contributed by atoms with E-state index in [1.807, 2.05) is 23.6 Å². The fourth-order valence-electron chi connectivity index (χ4n) is 1.40. The monoisotopic (exact) mass is 306 g/mol. The fraction of sp³-hybridized carbons (Fsp3) is 0.250. The summed E-state index contributed by atoms with van der Waals surface area (Å²) in [4.78, 5) is 23.7. The molecule has 1 aromatic heterocycles. The van der Waals surface area contributed by atoms with Crippen LogP contribution < -0.4 is 0 Å². The molecule has 4 nitrogen and oxygen atoms in total. The number of carbonyl (C=O) groups excluding carboxylic acids is 2. The van der Waals surface area contributed by atoms with E-state index in [1.54, 1.807) is 37.3 Å². The summed E-state index contributed by atoms with van der Waals surface area (Å²) in [6.45, 7) is 4.14. The van der Waals surface area contributed by atoms with Crippen LogP contribution in [0.25, 0.3) is 6.08 Å². The van der Waals surface area contributed by atoms with Crippen LogP contribution in [0.3, 0.4) is 0 Å². The Labute approximate surface area is 128 Å². The Kier molecular flexibility index (Phi) is 7.82. The smallest absolute Gasteiger partial charge is 0.330 e. The van der Waals surface area contributed by atoms with Crippen molar-refractivity contribution in [1.29, 1.82) is 0 Å². The van der Waals surface area contributed by atoms with Gasteiger partial charge in [0.15, 0.2) is 0 Å². The van der Waals surface area contributed by atoms with Crippen molar-refractivity contribution in [3.8, 4) is 0 Å². The summed E-state index contributed by atoms with van der Waals surface area (Å²) >= 11 is 1.56. The SMILES string of the molecule is CCOC(=O)C=CC(C=CC(=O)OCC)=Cc1cccs1. The van der Waals surface area contributed by atoms with Crippen molar-refractivity contribution in [2.24, 2.45) is 0 Å². The molecule has 0 amide bonds. The highest BCUT2D eigenvalue weighted by Crippen LogP contribution is 2.15. The normalized spacial score (nSPS) is 10.8. The molecule has 1 rings (SSSR count). The summed E-state index contributed by atoms with van der Waals surface area (Å²) in [6, 6.07) is 3.87. The molecule has 0 aliphatic carbocycles. The maximum atomic E-state index is 11.3. The van der Waals surface area contributed by atoms with Gasteiger partial charge in [0, 0.05) is 17.0 Å². The number of carbonyl (C=O) groups is 2. The van der Waals surface area contributed by atoms with Gasteiger partial charge in [-0.05, 0) is 49.1 Å². The molecule has 0 N–H and O–H groups in total. The lowest BCUT2D eigenvalue weighted by Gasteiger charge is -1.97. The number of hydrogen-bond acceptors (Lipinski definition) is 5. The van der Waals surface area contributed by atoms with Crippen LogP contribution in [0.2, 0.25) is 0 Å². The van der Waals surface area contributed by atoms with Crippen molar-refractivity contribution in [3.63, 3.8) is 0 Å². The minimum atomic E-state index is -0.417. The topological polar surface area (TPSA) is 52.6 Å². The van der Waals surface area contributed by atoms with E-state index in [2.05, 4.69) is 0 Å². The average molecular weight is 306 g/mol. The van der Waals surface area contributed by atoms with Gasteiger partial charge < -0.3 is 9.47 Å². The third-order valence-electron chi connectivity index (χ3n) is 2.25. The van der Waals surface area contributed by atoms with Gasteiger partial charge >= 0.3 is 11.9 Å². The molecule has 0 saturated carbocycles. The van der Waals surface area contributed by atoms with Gasteiger partial charge in [-0.1, -0.05) is 6.07 Å². The van der Waals surface area contributed by atoms with E-state index in [0.717, 1.165) is 4.88 Å². The van der Waals surface area contributed by atoms with Crippen LogP contribution >= 0.6 is 11.3 Å². The van der Waals surface area contributed by atoms with Crippen molar-refractivity contribution in [2.45, 2.75) is 13.8 Å². The number of esters is 2. The summed E-state index contributed by atoms with van der Waals surface area (Å²) in [5, 5.41) is 1.95.